The first-order chi connectivity index (χ1) is 7.81. The maximum absolute atomic E-state index is 10.3. The van der Waals surface area contributed by atoms with Crippen molar-refractivity contribution in [3.63, 3.8) is 0 Å². The second-order valence-corrected chi connectivity index (χ2v) is 3.02. The van der Waals surface area contributed by atoms with Gasteiger partial charge in [0, 0.05) is 6.54 Å². The number of hydrogen-bond donors (Lipinski definition) is 1. The molecule has 5 nitrogen and oxygen atoms in total. The molecule has 86 valence electrons. The fraction of sp³-hybridized carbons (Fsp3) is 0.273. The van der Waals surface area contributed by atoms with Gasteiger partial charge in [0.25, 0.3) is 6.47 Å². The molecule has 0 bridgehead atoms. The van der Waals surface area contributed by atoms with Crippen LogP contribution in [-0.4, -0.2) is 26.5 Å². The van der Waals surface area contributed by atoms with Gasteiger partial charge in [0.1, 0.15) is 0 Å². The van der Waals surface area contributed by atoms with E-state index < -0.39 is 0 Å². The van der Waals surface area contributed by atoms with Crippen molar-refractivity contribution in [2.75, 3.05) is 13.7 Å². The zero-order valence-electron chi connectivity index (χ0n) is 8.93. The Bertz CT molecular complexity index is 365. The second kappa shape index (κ2) is 6.44. The summed E-state index contributed by atoms with van der Waals surface area (Å²) in [5.74, 6) is 0.875. The third kappa shape index (κ3) is 3.27. The van der Waals surface area contributed by atoms with Crippen LogP contribution in [0.4, 0.5) is 0 Å². The van der Waals surface area contributed by atoms with Crippen molar-refractivity contribution >= 4 is 12.9 Å². The van der Waals surface area contributed by atoms with Gasteiger partial charge in [-0.15, -0.1) is 0 Å². The molecule has 1 rings (SSSR count). The molecule has 0 heterocycles. The van der Waals surface area contributed by atoms with Crippen LogP contribution in [-0.2, 0) is 16.0 Å². The molecule has 0 atom stereocenters. The van der Waals surface area contributed by atoms with Gasteiger partial charge in [-0.3, -0.25) is 9.59 Å². The molecule has 1 aromatic carbocycles. The van der Waals surface area contributed by atoms with Crippen molar-refractivity contribution in [2.45, 2.75) is 6.42 Å². The Hall–Kier alpha value is -2.04. The number of benzene rings is 1. The normalized spacial score (nSPS) is 9.31. The lowest BCUT2D eigenvalue weighted by Gasteiger charge is -2.08. The van der Waals surface area contributed by atoms with E-state index >= 15 is 0 Å². The minimum atomic E-state index is 0.352. The van der Waals surface area contributed by atoms with Crippen molar-refractivity contribution in [1.82, 2.24) is 5.32 Å². The summed E-state index contributed by atoms with van der Waals surface area (Å²) in [4.78, 5) is 20.3. The molecule has 0 saturated carbocycles. The van der Waals surface area contributed by atoms with E-state index in [4.69, 9.17) is 9.47 Å². The molecule has 0 aliphatic rings. The first-order valence-corrected chi connectivity index (χ1v) is 4.76. The van der Waals surface area contributed by atoms with E-state index in [1.165, 1.54) is 7.11 Å². The lowest BCUT2D eigenvalue weighted by Crippen LogP contribution is -2.14. The number of hydrogen-bond acceptors (Lipinski definition) is 4. The molecular formula is C11H13NO4. The van der Waals surface area contributed by atoms with Crippen LogP contribution in [0.5, 0.6) is 11.5 Å². The van der Waals surface area contributed by atoms with Crippen molar-refractivity contribution < 1.29 is 19.1 Å². The second-order valence-electron chi connectivity index (χ2n) is 3.02. The van der Waals surface area contributed by atoms with E-state index in [9.17, 15) is 9.59 Å². The Morgan fingerprint density at radius 2 is 2.12 bits per heavy atom. The van der Waals surface area contributed by atoms with Gasteiger partial charge in [0.15, 0.2) is 11.5 Å². The zero-order valence-corrected chi connectivity index (χ0v) is 8.93. The zero-order chi connectivity index (χ0) is 11.8. The molecule has 0 aromatic heterocycles. The summed E-state index contributed by atoms with van der Waals surface area (Å²) in [5, 5.41) is 2.55. The van der Waals surface area contributed by atoms with E-state index in [2.05, 4.69) is 5.32 Å². The van der Waals surface area contributed by atoms with E-state index in [1.54, 1.807) is 12.1 Å². The number of ether oxygens (including phenoxy) is 2. The van der Waals surface area contributed by atoms with Gasteiger partial charge in [-0.2, -0.15) is 0 Å². The van der Waals surface area contributed by atoms with Crippen LogP contribution in [0.15, 0.2) is 18.2 Å². The summed E-state index contributed by atoms with van der Waals surface area (Å²) in [7, 11) is 1.50. The molecule has 0 aliphatic heterocycles. The third-order valence-electron chi connectivity index (χ3n) is 2.04. The molecular weight excluding hydrogens is 210 g/mol. The Kier molecular flexibility index (Phi) is 4.85. The molecule has 0 fully saturated rings. The van der Waals surface area contributed by atoms with Gasteiger partial charge in [0.05, 0.1) is 7.11 Å². The summed E-state index contributed by atoms with van der Waals surface area (Å²) in [6.07, 6.45) is 1.31. The highest BCUT2D eigenvalue weighted by atomic mass is 16.5. The van der Waals surface area contributed by atoms with Gasteiger partial charge in [0.2, 0.25) is 6.41 Å². The van der Waals surface area contributed by atoms with Gasteiger partial charge >= 0.3 is 0 Å². The quantitative estimate of drug-likeness (QED) is 0.540. The molecule has 5 heteroatoms. The number of carbonyl (C=O) groups is 2. The molecule has 1 N–H and O–H groups in total. The number of carbonyl (C=O) groups excluding carboxylic acids is 2. The minimum absolute atomic E-state index is 0.352. The minimum Gasteiger partial charge on any atom is -0.493 e. The van der Waals surface area contributed by atoms with Crippen LogP contribution in [0.2, 0.25) is 0 Å². The highest BCUT2D eigenvalue weighted by molar-refractivity contribution is 5.52. The van der Waals surface area contributed by atoms with Gasteiger partial charge in [-0.1, -0.05) is 6.07 Å². The van der Waals surface area contributed by atoms with Crippen LogP contribution in [0.1, 0.15) is 5.56 Å². The van der Waals surface area contributed by atoms with Gasteiger partial charge < -0.3 is 14.8 Å². The molecule has 0 saturated heterocycles. The maximum Gasteiger partial charge on any atom is 0.298 e. The summed E-state index contributed by atoms with van der Waals surface area (Å²) in [5.41, 5.74) is 0.951. The van der Waals surface area contributed by atoms with Crippen molar-refractivity contribution in [3.05, 3.63) is 23.8 Å². The molecule has 0 radical (unpaired) electrons. The lowest BCUT2D eigenvalue weighted by atomic mass is 10.1. The van der Waals surface area contributed by atoms with Crippen molar-refractivity contribution in [1.29, 1.82) is 0 Å². The maximum atomic E-state index is 10.3. The summed E-state index contributed by atoms with van der Waals surface area (Å²) in [6.45, 7) is 0.891. The molecule has 0 unspecified atom stereocenters. The molecule has 1 amide bonds. The summed E-state index contributed by atoms with van der Waals surface area (Å²) >= 11 is 0. The summed E-state index contributed by atoms with van der Waals surface area (Å²) < 4.78 is 9.80. The van der Waals surface area contributed by atoms with Crippen LogP contribution < -0.4 is 14.8 Å². The Morgan fingerprint density at radius 3 is 2.75 bits per heavy atom. The first kappa shape index (κ1) is 12.0. The average Bonchev–Trinajstić information content (AvgIpc) is 2.30. The Labute approximate surface area is 93.4 Å². The number of amides is 1. The predicted molar refractivity (Wildman–Crippen MR) is 57.5 cm³/mol. The van der Waals surface area contributed by atoms with Crippen LogP contribution in [0.25, 0.3) is 0 Å². The number of rotatable bonds is 7. The van der Waals surface area contributed by atoms with Crippen LogP contribution in [0.3, 0.4) is 0 Å². The van der Waals surface area contributed by atoms with E-state index in [-0.39, 0.29) is 0 Å². The fourth-order valence-electron chi connectivity index (χ4n) is 1.30. The highest BCUT2D eigenvalue weighted by Gasteiger charge is 2.05. The summed E-state index contributed by atoms with van der Waals surface area (Å²) in [6, 6.07) is 5.28. The smallest absolute Gasteiger partial charge is 0.298 e. The van der Waals surface area contributed by atoms with Crippen LogP contribution in [0, 0.1) is 0 Å². The first-order valence-electron chi connectivity index (χ1n) is 4.76. The largest absolute Gasteiger partial charge is 0.493 e. The molecule has 0 aliphatic carbocycles. The van der Waals surface area contributed by atoms with Gasteiger partial charge in [-0.25, -0.2) is 0 Å². The molecule has 1 aromatic rings. The average molecular weight is 223 g/mol. The van der Waals surface area contributed by atoms with Crippen LogP contribution >= 0.6 is 0 Å². The lowest BCUT2D eigenvalue weighted by molar-refractivity contribution is -0.120. The SMILES string of the molecule is COc1ccc(CCNC=O)cc1OC=O. The Balaban J connectivity index is 2.75. The molecule has 16 heavy (non-hydrogen) atoms. The van der Waals surface area contributed by atoms with E-state index in [0.29, 0.717) is 37.3 Å². The van der Waals surface area contributed by atoms with E-state index in [1.807, 2.05) is 6.07 Å². The number of nitrogens with one attached hydrogen (secondary N) is 1. The highest BCUT2D eigenvalue weighted by Crippen LogP contribution is 2.27. The molecule has 0 spiro atoms. The topological polar surface area (TPSA) is 64.6 Å². The monoisotopic (exact) mass is 223 g/mol. The standard InChI is InChI=1S/C11H13NO4/c1-15-10-3-2-9(4-5-12-7-13)6-11(10)16-8-14/h2-3,6-8H,4-5H2,1H3,(H,12,13). The fourth-order valence-corrected chi connectivity index (χ4v) is 1.30. The van der Waals surface area contributed by atoms with Crippen molar-refractivity contribution in [3.8, 4) is 11.5 Å². The van der Waals surface area contributed by atoms with Crippen molar-refractivity contribution in [2.24, 2.45) is 0 Å². The van der Waals surface area contributed by atoms with E-state index in [0.717, 1.165) is 5.56 Å². The third-order valence-corrected chi connectivity index (χ3v) is 2.04. The van der Waals surface area contributed by atoms with Gasteiger partial charge in [-0.05, 0) is 24.1 Å². The number of methoxy groups -OCH3 is 1. The predicted octanol–water partition coefficient (Wildman–Crippen LogP) is 0.519. The Morgan fingerprint density at radius 1 is 1.31 bits per heavy atom.